The molecule has 1 aliphatic rings. The Morgan fingerprint density at radius 1 is 1.00 bits per heavy atom. The van der Waals surface area contributed by atoms with E-state index in [0.29, 0.717) is 5.75 Å². The van der Waals surface area contributed by atoms with Crippen molar-refractivity contribution in [3.05, 3.63) is 58.7 Å². The molecule has 0 fully saturated rings. The van der Waals surface area contributed by atoms with Crippen molar-refractivity contribution in [3.63, 3.8) is 0 Å². The van der Waals surface area contributed by atoms with E-state index >= 15 is 0 Å². The number of methoxy groups -OCH3 is 1. The number of ether oxygens (including phenoxy) is 3. The first-order valence-electron chi connectivity index (χ1n) is 10.9. The summed E-state index contributed by atoms with van der Waals surface area (Å²) in [6.45, 7) is 13.4. The zero-order valence-electron chi connectivity index (χ0n) is 19.8. The maximum absolute atomic E-state index is 11.5. The lowest BCUT2D eigenvalue weighted by Gasteiger charge is -2.42. The summed E-state index contributed by atoms with van der Waals surface area (Å²) in [5, 5.41) is 0. The SMILES string of the molecule is CCOC(=O)Oc1ccc(C=C(C)c2cc3c(cc2OC)C(C)(C)CCC3(C)C)cc1. The van der Waals surface area contributed by atoms with E-state index in [9.17, 15) is 4.79 Å². The maximum atomic E-state index is 11.5. The molecule has 2 aromatic carbocycles. The fraction of sp³-hybridized carbons (Fsp3) is 0.444. The van der Waals surface area contributed by atoms with E-state index in [-0.39, 0.29) is 17.4 Å². The molecule has 0 saturated carbocycles. The molecule has 0 bridgehead atoms. The Kier molecular flexibility index (Phi) is 6.49. The first-order chi connectivity index (χ1) is 14.6. The molecular weight excluding hydrogens is 388 g/mol. The standard InChI is InChI=1S/C27H34O4/c1-8-30-25(28)31-20-11-9-19(10-12-20)15-18(2)21-16-22-23(17-24(21)29-7)27(5,6)14-13-26(22,3)4/h9-12,15-17H,8,13-14H2,1-7H3. The second-order valence-corrected chi connectivity index (χ2v) is 9.55. The van der Waals surface area contributed by atoms with E-state index in [2.05, 4.69) is 52.8 Å². The number of fused-ring (bicyclic) bond motifs is 1. The molecule has 0 aliphatic heterocycles. The van der Waals surface area contributed by atoms with E-state index in [1.54, 1.807) is 26.2 Å². The summed E-state index contributed by atoms with van der Waals surface area (Å²) in [4.78, 5) is 11.5. The highest BCUT2D eigenvalue weighted by molar-refractivity contribution is 5.83. The van der Waals surface area contributed by atoms with Crippen molar-refractivity contribution in [2.24, 2.45) is 0 Å². The van der Waals surface area contributed by atoms with Crippen molar-refractivity contribution >= 4 is 17.8 Å². The molecule has 0 spiro atoms. The van der Waals surface area contributed by atoms with Crippen LogP contribution in [0.5, 0.6) is 11.5 Å². The smallest absolute Gasteiger partial charge is 0.496 e. The van der Waals surface area contributed by atoms with Crippen molar-refractivity contribution in [1.29, 1.82) is 0 Å². The third-order valence-electron chi connectivity index (χ3n) is 6.32. The van der Waals surface area contributed by atoms with Gasteiger partial charge >= 0.3 is 6.16 Å². The third kappa shape index (κ3) is 4.95. The van der Waals surface area contributed by atoms with Gasteiger partial charge in [0.05, 0.1) is 13.7 Å². The Hall–Kier alpha value is -2.75. The molecule has 0 saturated heterocycles. The first-order valence-corrected chi connectivity index (χ1v) is 10.9. The average molecular weight is 423 g/mol. The molecule has 3 rings (SSSR count). The molecule has 0 aromatic heterocycles. The molecule has 4 heteroatoms. The number of hydrogen-bond donors (Lipinski definition) is 0. The largest absolute Gasteiger partial charge is 0.513 e. The van der Waals surface area contributed by atoms with Gasteiger partial charge in [0.1, 0.15) is 11.5 Å². The van der Waals surface area contributed by atoms with Crippen molar-refractivity contribution in [1.82, 2.24) is 0 Å². The lowest BCUT2D eigenvalue weighted by atomic mass is 9.62. The van der Waals surface area contributed by atoms with Gasteiger partial charge in [0, 0.05) is 5.56 Å². The van der Waals surface area contributed by atoms with Crippen molar-refractivity contribution in [3.8, 4) is 11.5 Å². The quantitative estimate of drug-likeness (QED) is 0.292. The molecular formula is C27H34O4. The van der Waals surface area contributed by atoms with E-state index in [4.69, 9.17) is 14.2 Å². The normalized spacial score (nSPS) is 16.9. The van der Waals surface area contributed by atoms with Crippen LogP contribution in [0.1, 0.15) is 76.6 Å². The molecule has 4 nitrogen and oxygen atoms in total. The van der Waals surface area contributed by atoms with Gasteiger partial charge in [0.2, 0.25) is 0 Å². The van der Waals surface area contributed by atoms with Crippen LogP contribution in [0, 0.1) is 0 Å². The predicted octanol–water partition coefficient (Wildman–Crippen LogP) is 7.14. The summed E-state index contributed by atoms with van der Waals surface area (Å²) in [6.07, 6.45) is 3.78. The molecule has 0 atom stereocenters. The van der Waals surface area contributed by atoms with Gasteiger partial charge in [-0.2, -0.15) is 0 Å². The zero-order valence-corrected chi connectivity index (χ0v) is 19.8. The maximum Gasteiger partial charge on any atom is 0.513 e. The number of rotatable bonds is 5. The van der Waals surface area contributed by atoms with Crippen molar-refractivity contribution < 1.29 is 19.0 Å². The number of benzene rings is 2. The summed E-state index contributed by atoms with van der Waals surface area (Å²) in [5.74, 6) is 1.36. The monoisotopic (exact) mass is 422 g/mol. The summed E-state index contributed by atoms with van der Waals surface area (Å²) in [6, 6.07) is 11.9. The number of carbonyl (C=O) groups is 1. The highest BCUT2D eigenvalue weighted by atomic mass is 16.7. The van der Waals surface area contributed by atoms with E-state index in [0.717, 1.165) is 22.4 Å². The third-order valence-corrected chi connectivity index (χ3v) is 6.32. The Bertz CT molecular complexity index is 981. The van der Waals surface area contributed by atoms with Crippen LogP contribution in [0.2, 0.25) is 0 Å². The summed E-state index contributed by atoms with van der Waals surface area (Å²) in [5.41, 5.74) is 6.33. The van der Waals surface area contributed by atoms with Crippen LogP contribution in [0.4, 0.5) is 4.79 Å². The predicted molar refractivity (Wildman–Crippen MR) is 126 cm³/mol. The van der Waals surface area contributed by atoms with Crippen LogP contribution in [0.25, 0.3) is 11.6 Å². The average Bonchev–Trinajstić information content (AvgIpc) is 2.72. The van der Waals surface area contributed by atoms with Gasteiger partial charge in [-0.1, -0.05) is 45.9 Å². The lowest BCUT2D eigenvalue weighted by Crippen LogP contribution is -2.34. The van der Waals surface area contributed by atoms with Gasteiger partial charge in [-0.15, -0.1) is 0 Å². The molecule has 0 amide bonds. The van der Waals surface area contributed by atoms with Crippen LogP contribution >= 0.6 is 0 Å². The van der Waals surface area contributed by atoms with Crippen LogP contribution in [-0.2, 0) is 15.6 Å². The minimum atomic E-state index is -0.689. The van der Waals surface area contributed by atoms with Gasteiger partial charge in [-0.3, -0.25) is 0 Å². The fourth-order valence-electron chi connectivity index (χ4n) is 4.27. The highest BCUT2D eigenvalue weighted by Crippen LogP contribution is 2.48. The summed E-state index contributed by atoms with van der Waals surface area (Å²) < 4.78 is 15.8. The molecule has 0 radical (unpaired) electrons. The molecule has 2 aromatic rings. The second-order valence-electron chi connectivity index (χ2n) is 9.55. The lowest BCUT2D eigenvalue weighted by molar-refractivity contribution is 0.104. The molecule has 1 aliphatic carbocycles. The minimum absolute atomic E-state index is 0.137. The fourth-order valence-corrected chi connectivity index (χ4v) is 4.27. The summed E-state index contributed by atoms with van der Waals surface area (Å²) in [7, 11) is 1.74. The summed E-state index contributed by atoms with van der Waals surface area (Å²) >= 11 is 0. The van der Waals surface area contributed by atoms with Crippen LogP contribution < -0.4 is 9.47 Å². The number of carbonyl (C=O) groups excluding carboxylic acids is 1. The van der Waals surface area contributed by atoms with E-state index in [1.165, 1.54) is 24.0 Å². The minimum Gasteiger partial charge on any atom is -0.496 e. The second kappa shape index (κ2) is 8.78. The van der Waals surface area contributed by atoms with Gasteiger partial charge < -0.3 is 14.2 Å². The molecule has 0 heterocycles. The Labute approximate surface area is 186 Å². The Morgan fingerprint density at radius 3 is 2.13 bits per heavy atom. The van der Waals surface area contributed by atoms with Gasteiger partial charge in [0.25, 0.3) is 0 Å². The zero-order chi connectivity index (χ0) is 22.8. The van der Waals surface area contributed by atoms with Crippen LogP contribution in [-0.4, -0.2) is 19.9 Å². The topological polar surface area (TPSA) is 44.8 Å². The van der Waals surface area contributed by atoms with Crippen molar-refractivity contribution in [2.45, 2.75) is 65.2 Å². The highest BCUT2D eigenvalue weighted by Gasteiger charge is 2.38. The Morgan fingerprint density at radius 2 is 1.58 bits per heavy atom. The molecule has 166 valence electrons. The van der Waals surface area contributed by atoms with Crippen LogP contribution in [0.3, 0.4) is 0 Å². The molecule has 0 N–H and O–H groups in total. The van der Waals surface area contributed by atoms with E-state index in [1.807, 2.05) is 12.1 Å². The number of allylic oxidation sites excluding steroid dienone is 1. The first kappa shape index (κ1) is 22.9. The van der Waals surface area contributed by atoms with Gasteiger partial charge in [-0.05, 0) is 84.0 Å². The molecule has 0 unspecified atom stereocenters. The van der Waals surface area contributed by atoms with E-state index < -0.39 is 6.16 Å². The molecule has 31 heavy (non-hydrogen) atoms. The van der Waals surface area contributed by atoms with Gasteiger partial charge in [0.15, 0.2) is 0 Å². The Balaban J connectivity index is 1.95. The van der Waals surface area contributed by atoms with Crippen LogP contribution in [0.15, 0.2) is 36.4 Å². The van der Waals surface area contributed by atoms with Gasteiger partial charge in [-0.25, -0.2) is 4.79 Å². The number of hydrogen-bond acceptors (Lipinski definition) is 4. The van der Waals surface area contributed by atoms with Crippen molar-refractivity contribution in [2.75, 3.05) is 13.7 Å².